The molecule has 0 rings (SSSR count). The molecule has 0 bridgehead atoms. The number of carbonyl (C=O) groups is 2. The van der Waals surface area contributed by atoms with Crippen molar-refractivity contribution in [2.24, 2.45) is 0 Å². The summed E-state index contributed by atoms with van der Waals surface area (Å²) in [6, 6.07) is -0.541. The Labute approximate surface area is 558 Å². The molecule has 89 heavy (non-hydrogen) atoms. The molecule has 1 amide bonds. The van der Waals surface area contributed by atoms with Crippen molar-refractivity contribution in [2.45, 2.75) is 482 Å². The zero-order valence-corrected chi connectivity index (χ0v) is 60.7. The Balaban J connectivity index is 3.35. The molecule has 0 radical (unpaired) electrons. The second kappa shape index (κ2) is 78.8. The molecule has 6 nitrogen and oxygen atoms in total. The lowest BCUT2D eigenvalue weighted by Crippen LogP contribution is -2.45. The number of hydrogen-bond acceptors (Lipinski definition) is 5. The van der Waals surface area contributed by atoms with Crippen LogP contribution in [0.2, 0.25) is 0 Å². The van der Waals surface area contributed by atoms with Gasteiger partial charge in [0.25, 0.3) is 0 Å². The average Bonchev–Trinajstić information content (AvgIpc) is 3.60. The molecule has 0 saturated heterocycles. The van der Waals surface area contributed by atoms with Crippen molar-refractivity contribution < 1.29 is 24.5 Å². The zero-order chi connectivity index (χ0) is 64.2. The predicted octanol–water partition coefficient (Wildman–Crippen LogP) is 27.2. The Morgan fingerprint density at radius 3 is 0.798 bits per heavy atom. The van der Waals surface area contributed by atoms with Crippen LogP contribution in [0.15, 0.2) is 24.3 Å². The third-order valence-corrected chi connectivity index (χ3v) is 19.5. The summed E-state index contributed by atoms with van der Waals surface area (Å²) in [4.78, 5) is 24.7. The number of rotatable bonds is 78. The first-order valence-corrected chi connectivity index (χ1v) is 41.1. The van der Waals surface area contributed by atoms with Gasteiger partial charge in [-0.1, -0.05) is 404 Å². The van der Waals surface area contributed by atoms with E-state index in [1.807, 2.05) is 0 Å². The van der Waals surface area contributed by atoms with E-state index in [-0.39, 0.29) is 18.5 Å². The minimum Gasteiger partial charge on any atom is -0.466 e. The van der Waals surface area contributed by atoms with Gasteiger partial charge in [0.1, 0.15) is 0 Å². The summed E-state index contributed by atoms with van der Waals surface area (Å²) in [6.07, 6.45) is 101. The highest BCUT2D eigenvalue weighted by Gasteiger charge is 2.20. The zero-order valence-electron chi connectivity index (χ0n) is 60.7. The second-order valence-corrected chi connectivity index (χ2v) is 28.5. The van der Waals surface area contributed by atoms with Gasteiger partial charge in [0, 0.05) is 12.8 Å². The van der Waals surface area contributed by atoms with Gasteiger partial charge < -0.3 is 20.3 Å². The van der Waals surface area contributed by atoms with E-state index in [4.69, 9.17) is 4.74 Å². The molecule has 0 saturated carbocycles. The van der Waals surface area contributed by atoms with Crippen molar-refractivity contribution in [3.8, 4) is 0 Å². The molecule has 0 aliphatic carbocycles. The topological polar surface area (TPSA) is 95.9 Å². The third-order valence-electron chi connectivity index (χ3n) is 19.5. The SMILES string of the molecule is CCCCCCCCC/C=C\CCCCCCCC(=O)OCCCCCCCCCCCCCC/C=C\CCCCCCCCCCCCCCCCCCC(=O)NC(CO)C(O)CCCCCCCCCCCCCCCCCCCCCCCCCC. The number of aliphatic hydroxyl groups excluding tert-OH is 2. The lowest BCUT2D eigenvalue weighted by Gasteiger charge is -2.22. The number of unbranched alkanes of at least 4 members (excludes halogenated alkanes) is 63. The second-order valence-electron chi connectivity index (χ2n) is 28.5. The van der Waals surface area contributed by atoms with E-state index in [0.29, 0.717) is 25.9 Å². The molecule has 0 fully saturated rings. The molecular formula is C83H161NO5. The molecule has 2 unspecified atom stereocenters. The Morgan fingerprint density at radius 1 is 0.303 bits per heavy atom. The highest BCUT2D eigenvalue weighted by molar-refractivity contribution is 5.76. The molecule has 528 valence electrons. The van der Waals surface area contributed by atoms with Crippen molar-refractivity contribution in [1.29, 1.82) is 0 Å². The first-order valence-electron chi connectivity index (χ1n) is 41.1. The van der Waals surface area contributed by atoms with Crippen LogP contribution >= 0.6 is 0 Å². The van der Waals surface area contributed by atoms with Crippen molar-refractivity contribution in [2.75, 3.05) is 13.2 Å². The molecule has 3 N–H and O–H groups in total. The largest absolute Gasteiger partial charge is 0.466 e. The summed E-state index contributed by atoms with van der Waals surface area (Å²) in [6.45, 7) is 5.00. The van der Waals surface area contributed by atoms with Crippen LogP contribution in [0.25, 0.3) is 0 Å². The minimum atomic E-state index is -0.664. The molecule has 0 aromatic heterocycles. The summed E-state index contributed by atoms with van der Waals surface area (Å²) < 4.78 is 5.50. The van der Waals surface area contributed by atoms with Crippen LogP contribution in [0.5, 0.6) is 0 Å². The van der Waals surface area contributed by atoms with Crippen LogP contribution < -0.4 is 5.32 Å². The van der Waals surface area contributed by atoms with Gasteiger partial charge in [0.2, 0.25) is 5.91 Å². The molecule has 0 aliphatic rings. The molecule has 0 aliphatic heterocycles. The maximum atomic E-state index is 12.6. The van der Waals surface area contributed by atoms with E-state index in [2.05, 4.69) is 43.5 Å². The number of allylic oxidation sites excluding steroid dienone is 4. The van der Waals surface area contributed by atoms with E-state index in [9.17, 15) is 19.8 Å². The highest BCUT2D eigenvalue weighted by Crippen LogP contribution is 2.20. The smallest absolute Gasteiger partial charge is 0.305 e. The first-order chi connectivity index (χ1) is 44.0. The Kier molecular flexibility index (Phi) is 77.3. The normalized spacial score (nSPS) is 12.5. The van der Waals surface area contributed by atoms with E-state index in [0.717, 1.165) is 44.9 Å². The number of esters is 1. The molecule has 0 spiro atoms. The standard InChI is InChI=1S/C83H161NO5/c1-3-5-7-9-11-13-15-17-19-21-22-23-24-35-38-41-44-47-51-55-59-63-67-71-75-81(86)80(79-85)84-82(87)76-72-68-64-60-56-52-48-45-42-39-36-33-31-29-27-25-26-28-30-32-34-37-40-43-46-50-54-58-62-66-70-74-78-89-83(88)77-73-69-65-61-57-53-49-20-18-16-14-12-10-8-6-4-2/h20,28,30,49,80-81,85-86H,3-19,21-27,29,31-48,50-79H2,1-2H3,(H,84,87)/b30-28-,49-20-. The fourth-order valence-electron chi connectivity index (χ4n) is 13.2. The summed E-state index contributed by atoms with van der Waals surface area (Å²) in [7, 11) is 0. The lowest BCUT2D eigenvalue weighted by molar-refractivity contribution is -0.143. The summed E-state index contributed by atoms with van der Waals surface area (Å²) in [5.41, 5.74) is 0. The monoisotopic (exact) mass is 1250 g/mol. The van der Waals surface area contributed by atoms with Gasteiger partial charge in [-0.25, -0.2) is 0 Å². The number of nitrogens with one attached hydrogen (secondary N) is 1. The van der Waals surface area contributed by atoms with Gasteiger partial charge in [-0.2, -0.15) is 0 Å². The van der Waals surface area contributed by atoms with E-state index < -0.39 is 12.1 Å². The van der Waals surface area contributed by atoms with Crippen molar-refractivity contribution in [3.63, 3.8) is 0 Å². The fourth-order valence-corrected chi connectivity index (χ4v) is 13.2. The van der Waals surface area contributed by atoms with Gasteiger partial charge in [-0.15, -0.1) is 0 Å². The maximum Gasteiger partial charge on any atom is 0.305 e. The number of hydrogen-bond donors (Lipinski definition) is 3. The van der Waals surface area contributed by atoms with Crippen LogP contribution in [-0.2, 0) is 14.3 Å². The quantitative estimate of drug-likeness (QED) is 0.0320. The van der Waals surface area contributed by atoms with Gasteiger partial charge >= 0.3 is 5.97 Å². The van der Waals surface area contributed by atoms with Crippen LogP contribution in [0.4, 0.5) is 0 Å². The van der Waals surface area contributed by atoms with Gasteiger partial charge in [-0.3, -0.25) is 9.59 Å². The minimum absolute atomic E-state index is 0.0120. The number of amides is 1. The highest BCUT2D eigenvalue weighted by atomic mass is 16.5. The van der Waals surface area contributed by atoms with Crippen LogP contribution in [0, 0.1) is 0 Å². The average molecular weight is 1250 g/mol. The molecule has 0 heterocycles. The van der Waals surface area contributed by atoms with Crippen molar-refractivity contribution >= 4 is 11.9 Å². The van der Waals surface area contributed by atoms with Gasteiger partial charge in [-0.05, 0) is 77.0 Å². The van der Waals surface area contributed by atoms with Gasteiger partial charge in [0.05, 0.1) is 25.4 Å². The molecule has 6 heteroatoms. The molecule has 2 atom stereocenters. The predicted molar refractivity (Wildman–Crippen MR) is 393 cm³/mol. The maximum absolute atomic E-state index is 12.6. The third kappa shape index (κ3) is 75.3. The van der Waals surface area contributed by atoms with Crippen molar-refractivity contribution in [3.05, 3.63) is 24.3 Å². The fraction of sp³-hybridized carbons (Fsp3) is 0.928. The lowest BCUT2D eigenvalue weighted by atomic mass is 10.0. The number of carbonyl (C=O) groups excluding carboxylic acids is 2. The van der Waals surface area contributed by atoms with Gasteiger partial charge in [0.15, 0.2) is 0 Å². The van der Waals surface area contributed by atoms with E-state index in [1.54, 1.807) is 0 Å². The Morgan fingerprint density at radius 2 is 0.528 bits per heavy atom. The van der Waals surface area contributed by atoms with Crippen LogP contribution in [0.3, 0.4) is 0 Å². The van der Waals surface area contributed by atoms with E-state index >= 15 is 0 Å². The van der Waals surface area contributed by atoms with Crippen LogP contribution in [0.1, 0.15) is 470 Å². The number of aliphatic hydroxyl groups is 2. The molecular weight excluding hydrogens is 1090 g/mol. The summed E-state index contributed by atoms with van der Waals surface area (Å²) in [5, 5.41) is 23.5. The molecule has 0 aromatic rings. The first kappa shape index (κ1) is 87.3. The number of ether oxygens (including phenoxy) is 1. The Bertz CT molecular complexity index is 1400. The Hall–Kier alpha value is -1.66. The van der Waals surface area contributed by atoms with Crippen LogP contribution in [-0.4, -0.2) is 47.4 Å². The van der Waals surface area contributed by atoms with Crippen molar-refractivity contribution in [1.82, 2.24) is 5.32 Å². The molecule has 0 aromatic carbocycles. The summed E-state index contributed by atoms with van der Waals surface area (Å²) >= 11 is 0. The summed E-state index contributed by atoms with van der Waals surface area (Å²) in [5.74, 6) is -0.0144. The van der Waals surface area contributed by atoms with E-state index in [1.165, 1.54) is 392 Å².